The lowest BCUT2D eigenvalue weighted by Crippen LogP contribution is -2.40. The van der Waals surface area contributed by atoms with E-state index in [-0.39, 0.29) is 88.4 Å². The van der Waals surface area contributed by atoms with Gasteiger partial charge in [0, 0.05) is 0 Å². The van der Waals surface area contributed by atoms with Gasteiger partial charge in [0.1, 0.15) is 29.0 Å². The van der Waals surface area contributed by atoms with E-state index in [0.717, 1.165) is 160 Å². The molecule has 113 heavy (non-hydrogen) atoms. The first-order valence-corrected chi connectivity index (χ1v) is 48.9. The van der Waals surface area contributed by atoms with Gasteiger partial charge in [-0.1, -0.05) is 82.6 Å². The van der Waals surface area contributed by atoms with Gasteiger partial charge in [0.2, 0.25) is 0 Å². The van der Waals surface area contributed by atoms with Crippen molar-refractivity contribution in [2.45, 2.75) is 438 Å². The first kappa shape index (κ1) is 85.1. The highest BCUT2D eigenvalue weighted by molar-refractivity contribution is 5.76. The molecule has 640 valence electrons. The van der Waals surface area contributed by atoms with E-state index in [4.69, 9.17) is 47.4 Å². The van der Waals surface area contributed by atoms with Crippen molar-refractivity contribution in [3.63, 3.8) is 0 Å². The molecule has 15 heteroatoms. The first-order chi connectivity index (χ1) is 54.5. The number of hydrogen-bond acceptors (Lipinski definition) is 15. The summed E-state index contributed by atoms with van der Waals surface area (Å²) in [5, 5.41) is 0. The highest BCUT2D eigenvalue weighted by Crippen LogP contribution is 2.68. The fourth-order valence-electron chi connectivity index (χ4n) is 31.1. The molecule has 0 N–H and O–H groups in total. The smallest absolute Gasteiger partial charge is 0.309 e. The molecular weight excluding hydrogens is 1420 g/mol. The number of esters is 5. The number of rotatable bonds is 20. The largest absolute Gasteiger partial charge is 0.462 e. The quantitative estimate of drug-likeness (QED) is 0.0830. The van der Waals surface area contributed by atoms with Crippen LogP contribution < -0.4 is 0 Å². The lowest BCUT2D eigenvalue weighted by atomic mass is 9.70. The van der Waals surface area contributed by atoms with Crippen LogP contribution in [0, 0.1) is 148 Å². The predicted molar refractivity (Wildman–Crippen MR) is 437 cm³/mol. The topological polar surface area (TPSA) is 178 Å². The summed E-state index contributed by atoms with van der Waals surface area (Å²) in [5.41, 5.74) is -0.693. The van der Waals surface area contributed by atoms with Gasteiger partial charge in [0.05, 0.1) is 90.6 Å². The van der Waals surface area contributed by atoms with Gasteiger partial charge < -0.3 is 47.4 Å². The maximum atomic E-state index is 13.0. The summed E-state index contributed by atoms with van der Waals surface area (Å²) >= 11 is 0. The van der Waals surface area contributed by atoms with Crippen molar-refractivity contribution in [3.05, 3.63) is 0 Å². The molecule has 10 bridgehead atoms. The van der Waals surface area contributed by atoms with Crippen LogP contribution in [0.2, 0.25) is 0 Å². The molecule has 0 spiro atoms. The van der Waals surface area contributed by atoms with Crippen molar-refractivity contribution < 1.29 is 71.3 Å². The maximum absolute atomic E-state index is 13.0. The fraction of sp³-hybridized carbons (Fsp3) is 0.949. The molecule has 14 saturated carbocycles. The van der Waals surface area contributed by atoms with E-state index >= 15 is 0 Å². The van der Waals surface area contributed by atoms with E-state index in [9.17, 15) is 24.0 Å². The molecule has 35 atom stereocenters. The Bertz CT molecular complexity index is 3190. The van der Waals surface area contributed by atoms with E-state index in [1.54, 1.807) is 0 Å². The Labute approximate surface area is 683 Å². The standard InChI is InChI=1S/C21H34O3.2C20H32O3.C19H30O3.C18H30O3/c1-4-16-18-13-11-14(19(18)17(5-2)23-16)15(12-13)20(22)24-21(6-3)9-7-8-10-21;1-4-15-17-12-10-13(18(17)16(5-2)22-15)14(11-12)19(21)23-20(3)8-6-7-9-20;1-3-16-18-12-10-14(19(18)17(4-2)23-16)15(11-12)20(21)22-13-8-6-5-7-9-13;1-3-15-17-11-9-13(18(17)16(4-2)22-15)14(10-11)19(20)21-12-7-5-6-8-12;1-6-13-15-10-8-11(16(15)14(7-2)20-13)12(9-10)17(19)21-18(3,4)5/h13-19H,4-12H2,1-3H3;12-18H,4-11H2,1-3H3;12-19H,3-11H2,1-2H3;11-18H,3-10H2,1-2H3;10-16H,6-9H2,1-5H3. The van der Waals surface area contributed by atoms with Crippen LogP contribution in [0.3, 0.4) is 0 Å². The van der Waals surface area contributed by atoms with E-state index in [1.807, 2.05) is 20.8 Å². The average molecular weight is 1580 g/mol. The van der Waals surface area contributed by atoms with Gasteiger partial charge in [-0.2, -0.15) is 0 Å². The molecule has 0 aromatic heterocycles. The van der Waals surface area contributed by atoms with E-state index in [0.29, 0.717) is 173 Å². The minimum absolute atomic E-state index is 0.0308. The van der Waals surface area contributed by atoms with Crippen LogP contribution in [0.5, 0.6) is 0 Å². The second kappa shape index (κ2) is 35.7. The third-order valence-electron chi connectivity index (χ3n) is 35.5. The Morgan fingerprint density at radius 2 is 0.549 bits per heavy atom. The summed E-state index contributed by atoms with van der Waals surface area (Å²) in [7, 11) is 0. The Hall–Kier alpha value is -2.85. The van der Waals surface area contributed by atoms with Crippen molar-refractivity contribution >= 4 is 29.8 Å². The zero-order valence-electron chi connectivity index (χ0n) is 73.4. The number of ether oxygens (including phenoxy) is 10. The molecule has 5 heterocycles. The number of carbonyl (C=O) groups is 5. The summed E-state index contributed by atoms with van der Waals surface area (Å²) in [4.78, 5) is 63.9. The third-order valence-corrected chi connectivity index (χ3v) is 35.5. The summed E-state index contributed by atoms with van der Waals surface area (Å²) in [6.07, 6.45) is 47.5. The van der Waals surface area contributed by atoms with Crippen LogP contribution in [0.15, 0.2) is 0 Å². The first-order valence-electron chi connectivity index (χ1n) is 48.9. The lowest BCUT2D eigenvalue weighted by molar-refractivity contribution is -0.168. The molecule has 15 nitrogen and oxygen atoms in total. The molecule has 19 rings (SSSR count). The van der Waals surface area contributed by atoms with Gasteiger partial charge in [-0.15, -0.1) is 0 Å². The van der Waals surface area contributed by atoms with Crippen molar-refractivity contribution in [1.29, 1.82) is 0 Å². The van der Waals surface area contributed by atoms with Crippen molar-refractivity contribution in [1.82, 2.24) is 0 Å². The van der Waals surface area contributed by atoms with Crippen LogP contribution in [-0.2, 0) is 71.3 Å². The minimum atomic E-state index is -0.374. The Balaban J connectivity index is 0.000000112. The molecule has 5 saturated heterocycles. The van der Waals surface area contributed by atoms with E-state index < -0.39 is 0 Å². The number of carbonyl (C=O) groups excluding carboxylic acids is 5. The SMILES string of the molecule is CCC1OC(CC)C2C3CC(CC3C(=O)OC(C)(C)C)C12.CCC1OC(CC)C2C3CC(CC3C(=O)OC3(C)CCCC3)C12.CCC1OC(CC)C2C3CC(CC3C(=O)OC3(CC)CCCC3)C12.CCC1OC(CC)C2C3CC(CC3C(=O)OC3CCCC3)C12.CCC1OC(CC)C2C3CC(CC3C(=O)OC3CCCCC3)C12. The van der Waals surface area contributed by atoms with E-state index in [2.05, 4.69) is 83.1 Å². The van der Waals surface area contributed by atoms with Gasteiger partial charge in [-0.3, -0.25) is 24.0 Å². The van der Waals surface area contributed by atoms with Gasteiger partial charge in [0.15, 0.2) is 0 Å². The van der Waals surface area contributed by atoms with Gasteiger partial charge in [-0.25, -0.2) is 0 Å². The lowest BCUT2D eigenvalue weighted by Gasteiger charge is -2.35. The molecular formula is C98H158O15. The maximum Gasteiger partial charge on any atom is 0.309 e. The summed E-state index contributed by atoms with van der Waals surface area (Å²) in [5.74, 6) is 13.9. The van der Waals surface area contributed by atoms with Crippen LogP contribution in [0.4, 0.5) is 0 Å². The monoisotopic (exact) mass is 1580 g/mol. The van der Waals surface area contributed by atoms with Crippen LogP contribution in [-0.4, -0.2) is 120 Å². The Morgan fingerprint density at radius 3 is 0.823 bits per heavy atom. The minimum Gasteiger partial charge on any atom is -0.462 e. The van der Waals surface area contributed by atoms with Crippen molar-refractivity contribution in [3.8, 4) is 0 Å². The highest BCUT2D eigenvalue weighted by Gasteiger charge is 2.68. The van der Waals surface area contributed by atoms with Crippen LogP contribution in [0.1, 0.15) is 348 Å². The third kappa shape index (κ3) is 16.4. The Morgan fingerprint density at radius 1 is 0.301 bits per heavy atom. The fourth-order valence-corrected chi connectivity index (χ4v) is 31.1. The summed E-state index contributed by atoms with van der Waals surface area (Å²) < 4.78 is 61.3. The van der Waals surface area contributed by atoms with Gasteiger partial charge in [0.25, 0.3) is 0 Å². The van der Waals surface area contributed by atoms with Gasteiger partial charge >= 0.3 is 29.8 Å². The highest BCUT2D eigenvalue weighted by atomic mass is 16.6. The molecule has 0 radical (unpaired) electrons. The summed E-state index contributed by atoms with van der Waals surface area (Å²) in [6.45, 7) is 32.6. The predicted octanol–water partition coefficient (Wildman–Crippen LogP) is 21.2. The number of hydrogen-bond donors (Lipinski definition) is 0. The molecule has 5 aliphatic heterocycles. The normalized spacial score (nSPS) is 46.1. The zero-order chi connectivity index (χ0) is 79.7. The second-order valence-corrected chi connectivity index (χ2v) is 42.2. The molecule has 0 aromatic carbocycles. The Kier molecular flexibility index (Phi) is 26.9. The average Bonchev–Trinajstić information content (AvgIpc) is 1.60. The second-order valence-electron chi connectivity index (χ2n) is 42.2. The molecule has 0 amide bonds. The van der Waals surface area contributed by atoms with Crippen LogP contribution in [0.25, 0.3) is 0 Å². The molecule has 35 unspecified atom stereocenters. The molecule has 14 aliphatic carbocycles. The number of fused-ring (bicyclic) bond motifs is 25. The van der Waals surface area contributed by atoms with Crippen molar-refractivity contribution in [2.75, 3.05) is 0 Å². The van der Waals surface area contributed by atoms with Crippen molar-refractivity contribution in [2.24, 2.45) is 148 Å². The van der Waals surface area contributed by atoms with E-state index in [1.165, 1.54) is 89.9 Å². The molecule has 0 aromatic rings. The van der Waals surface area contributed by atoms with Gasteiger partial charge in [-0.05, 0) is 384 Å². The van der Waals surface area contributed by atoms with Crippen LogP contribution >= 0.6 is 0 Å². The zero-order valence-corrected chi connectivity index (χ0v) is 73.4. The summed E-state index contributed by atoms with van der Waals surface area (Å²) in [6, 6.07) is 0. The molecule has 19 aliphatic rings. The molecule has 19 fully saturated rings.